The molecule has 1 heterocycles. The summed E-state index contributed by atoms with van der Waals surface area (Å²) in [7, 11) is 1.72. The van der Waals surface area contributed by atoms with Crippen LogP contribution in [0.15, 0.2) is 36.4 Å². The van der Waals surface area contributed by atoms with Crippen molar-refractivity contribution in [3.8, 4) is 0 Å². The summed E-state index contributed by atoms with van der Waals surface area (Å²) in [6, 6.07) is 9.81. The number of anilines is 1. The number of carbonyl (C=O) groups excluding carboxylic acids is 1. The summed E-state index contributed by atoms with van der Waals surface area (Å²) in [4.78, 5) is 27.4. The van der Waals surface area contributed by atoms with Crippen molar-refractivity contribution in [3.63, 3.8) is 0 Å². The van der Waals surface area contributed by atoms with Gasteiger partial charge in [-0.3, -0.25) is 10.1 Å². The minimum absolute atomic E-state index is 0.0147. The van der Waals surface area contributed by atoms with Gasteiger partial charge in [-0.25, -0.2) is 9.78 Å². The minimum Gasteiger partial charge on any atom is -0.444 e. The lowest BCUT2D eigenvalue weighted by atomic mass is 10.2. The topological polar surface area (TPSA) is 117 Å². The van der Waals surface area contributed by atoms with Crippen LogP contribution in [0.2, 0.25) is 15.1 Å². The van der Waals surface area contributed by atoms with Gasteiger partial charge in [-0.2, -0.15) is 0 Å². The SMILES string of the molecule is CN(CCCn1c(N)nc2cccc(Cl)c21)C(=O)OC(C)(C)C.O=[N+]([O-])c1cccc(Cl)c1Cl. The number of halogens is 3. The van der Waals surface area contributed by atoms with Crippen LogP contribution in [-0.4, -0.2) is 44.7 Å². The van der Waals surface area contributed by atoms with Gasteiger partial charge < -0.3 is 19.9 Å². The fraction of sp³-hybridized carbons (Fsp3) is 0.364. The molecular formula is C22H26Cl3N5O4. The van der Waals surface area contributed by atoms with E-state index in [0.717, 1.165) is 17.5 Å². The molecule has 12 heteroatoms. The molecular weight excluding hydrogens is 505 g/mol. The summed E-state index contributed by atoms with van der Waals surface area (Å²) in [5.74, 6) is 0.424. The van der Waals surface area contributed by atoms with Crippen molar-refractivity contribution in [2.24, 2.45) is 0 Å². The zero-order valence-electron chi connectivity index (χ0n) is 19.2. The van der Waals surface area contributed by atoms with Gasteiger partial charge in [-0.05, 0) is 45.4 Å². The van der Waals surface area contributed by atoms with Gasteiger partial charge in [0.1, 0.15) is 10.6 Å². The molecule has 0 aliphatic rings. The summed E-state index contributed by atoms with van der Waals surface area (Å²) in [6.45, 7) is 6.72. The summed E-state index contributed by atoms with van der Waals surface area (Å²) in [5, 5.41) is 11.0. The molecule has 184 valence electrons. The first-order valence-corrected chi connectivity index (χ1v) is 11.4. The summed E-state index contributed by atoms with van der Waals surface area (Å²) < 4.78 is 7.20. The number of nitro benzene ring substituents is 1. The minimum atomic E-state index is -0.575. The lowest BCUT2D eigenvalue weighted by Gasteiger charge is -2.24. The van der Waals surface area contributed by atoms with E-state index in [9.17, 15) is 14.9 Å². The largest absolute Gasteiger partial charge is 0.444 e. The highest BCUT2D eigenvalue weighted by Crippen LogP contribution is 2.30. The second kappa shape index (κ2) is 11.6. The molecule has 0 atom stereocenters. The molecule has 0 aliphatic carbocycles. The number of imidazole rings is 1. The van der Waals surface area contributed by atoms with E-state index >= 15 is 0 Å². The maximum atomic E-state index is 11.9. The van der Waals surface area contributed by atoms with Crippen LogP contribution in [0.3, 0.4) is 0 Å². The van der Waals surface area contributed by atoms with Crippen LogP contribution in [0.1, 0.15) is 27.2 Å². The van der Waals surface area contributed by atoms with E-state index in [1.807, 2.05) is 43.5 Å². The number of nitrogen functional groups attached to an aromatic ring is 1. The van der Waals surface area contributed by atoms with E-state index in [1.54, 1.807) is 11.9 Å². The third-order valence-electron chi connectivity index (χ3n) is 4.46. The molecule has 0 saturated carbocycles. The molecule has 1 amide bonds. The number of aromatic nitrogens is 2. The Morgan fingerprint density at radius 2 is 1.79 bits per heavy atom. The Kier molecular flexibility index (Phi) is 9.37. The summed E-state index contributed by atoms with van der Waals surface area (Å²) in [6.07, 6.45) is 0.385. The lowest BCUT2D eigenvalue weighted by molar-refractivity contribution is -0.384. The van der Waals surface area contributed by atoms with Gasteiger partial charge in [-0.1, -0.05) is 46.9 Å². The smallest absolute Gasteiger partial charge is 0.410 e. The monoisotopic (exact) mass is 529 g/mol. The number of nitro groups is 1. The van der Waals surface area contributed by atoms with Gasteiger partial charge in [0.2, 0.25) is 5.95 Å². The van der Waals surface area contributed by atoms with Gasteiger partial charge in [0.15, 0.2) is 0 Å². The van der Waals surface area contributed by atoms with Gasteiger partial charge in [-0.15, -0.1) is 0 Å². The van der Waals surface area contributed by atoms with Gasteiger partial charge in [0, 0.05) is 26.2 Å². The molecule has 1 aromatic heterocycles. The maximum Gasteiger partial charge on any atom is 0.410 e. The number of ether oxygens (including phenoxy) is 1. The van der Waals surface area contributed by atoms with Crippen molar-refractivity contribution < 1.29 is 14.5 Å². The molecule has 0 fully saturated rings. The van der Waals surface area contributed by atoms with Gasteiger partial charge >= 0.3 is 6.09 Å². The number of nitrogens with zero attached hydrogens (tertiary/aromatic N) is 4. The first kappa shape index (κ1) is 27.5. The van der Waals surface area contributed by atoms with Crippen LogP contribution >= 0.6 is 34.8 Å². The Labute approximate surface area is 212 Å². The lowest BCUT2D eigenvalue weighted by Crippen LogP contribution is -2.35. The molecule has 9 nitrogen and oxygen atoms in total. The molecule has 3 aromatic rings. The van der Waals surface area contributed by atoms with Crippen LogP contribution in [0.4, 0.5) is 16.4 Å². The first-order chi connectivity index (χ1) is 15.8. The molecule has 0 bridgehead atoms. The number of para-hydroxylation sites is 1. The van der Waals surface area contributed by atoms with Crippen molar-refractivity contribution in [1.82, 2.24) is 14.5 Å². The number of aryl methyl sites for hydroxylation is 1. The van der Waals surface area contributed by atoms with E-state index in [4.69, 9.17) is 45.3 Å². The van der Waals surface area contributed by atoms with E-state index < -0.39 is 10.5 Å². The van der Waals surface area contributed by atoms with Crippen molar-refractivity contribution in [3.05, 3.63) is 61.6 Å². The molecule has 2 aromatic carbocycles. The number of carbonyl (C=O) groups is 1. The van der Waals surface area contributed by atoms with E-state index in [0.29, 0.717) is 24.1 Å². The molecule has 0 aliphatic heterocycles. The average Bonchev–Trinajstić information content (AvgIpc) is 3.05. The average molecular weight is 531 g/mol. The number of hydrogen-bond donors (Lipinski definition) is 1. The second-order valence-corrected chi connectivity index (χ2v) is 9.51. The standard InChI is InChI=1S/C16H23ClN4O2.C6H3Cl2NO2/c1-16(2,3)23-15(22)20(4)9-6-10-21-13-11(17)7-5-8-12(13)19-14(21)18;7-4-2-1-3-5(6(4)8)9(10)11/h5,7-8H,6,9-10H2,1-4H3,(H2,18,19);1-3H. The highest BCUT2D eigenvalue weighted by Gasteiger charge is 2.19. The second-order valence-electron chi connectivity index (χ2n) is 8.31. The molecule has 0 unspecified atom stereocenters. The number of nitrogens with two attached hydrogens (primary N) is 1. The fourth-order valence-electron chi connectivity index (χ4n) is 2.92. The van der Waals surface area contributed by atoms with E-state index in [1.165, 1.54) is 18.2 Å². The number of amides is 1. The van der Waals surface area contributed by atoms with Gasteiger partial charge in [0.25, 0.3) is 5.69 Å². The third kappa shape index (κ3) is 7.38. The quantitative estimate of drug-likeness (QED) is 0.300. The van der Waals surface area contributed by atoms with Crippen LogP contribution in [0.25, 0.3) is 11.0 Å². The summed E-state index contributed by atoms with van der Waals surface area (Å²) in [5.41, 5.74) is 6.91. The zero-order valence-corrected chi connectivity index (χ0v) is 21.5. The number of rotatable bonds is 5. The van der Waals surface area contributed by atoms with Crippen LogP contribution in [0, 0.1) is 10.1 Å². The van der Waals surface area contributed by atoms with Crippen LogP contribution < -0.4 is 5.73 Å². The van der Waals surface area contributed by atoms with Crippen LogP contribution in [-0.2, 0) is 11.3 Å². The maximum absolute atomic E-state index is 11.9. The van der Waals surface area contributed by atoms with Crippen LogP contribution in [0.5, 0.6) is 0 Å². The van der Waals surface area contributed by atoms with Crippen molar-refractivity contribution >= 4 is 63.6 Å². The first-order valence-electron chi connectivity index (χ1n) is 10.2. The molecule has 0 saturated heterocycles. The highest BCUT2D eigenvalue weighted by molar-refractivity contribution is 6.43. The van der Waals surface area contributed by atoms with Gasteiger partial charge in [0.05, 0.1) is 26.0 Å². The number of fused-ring (bicyclic) bond motifs is 1. The van der Waals surface area contributed by atoms with Crippen molar-refractivity contribution in [2.45, 2.75) is 39.3 Å². The Hall–Kier alpha value is -2.75. The summed E-state index contributed by atoms with van der Waals surface area (Å²) >= 11 is 17.3. The Bertz CT molecular complexity index is 1180. The normalized spacial score (nSPS) is 11.0. The number of benzene rings is 2. The van der Waals surface area contributed by atoms with Crippen molar-refractivity contribution in [1.29, 1.82) is 0 Å². The Morgan fingerprint density at radius 3 is 2.38 bits per heavy atom. The third-order valence-corrected chi connectivity index (χ3v) is 5.57. The fourth-order valence-corrected chi connectivity index (χ4v) is 3.55. The molecule has 3 rings (SSSR count). The Balaban J connectivity index is 0.000000310. The molecule has 0 radical (unpaired) electrons. The molecule has 0 spiro atoms. The van der Waals surface area contributed by atoms with Crippen molar-refractivity contribution in [2.75, 3.05) is 19.3 Å². The molecule has 34 heavy (non-hydrogen) atoms. The van der Waals surface area contributed by atoms with E-state index in [2.05, 4.69) is 4.98 Å². The van der Waals surface area contributed by atoms with E-state index in [-0.39, 0.29) is 21.8 Å². The predicted molar refractivity (Wildman–Crippen MR) is 136 cm³/mol. The Morgan fingerprint density at radius 1 is 1.18 bits per heavy atom. The zero-order chi connectivity index (χ0) is 25.6. The highest BCUT2D eigenvalue weighted by atomic mass is 35.5. The number of hydrogen-bond acceptors (Lipinski definition) is 6. The predicted octanol–water partition coefficient (Wildman–Crippen LogP) is 6.43. The molecule has 2 N–H and O–H groups in total.